The number of carboxylic acid groups (broad SMARTS) is 1. The van der Waals surface area contributed by atoms with Crippen molar-refractivity contribution in [3.8, 4) is 6.07 Å². The van der Waals surface area contributed by atoms with Gasteiger partial charge in [0.05, 0.1) is 4.92 Å². The predicted octanol–water partition coefficient (Wildman–Crippen LogP) is 2.18. The number of aliphatic carboxylic acids is 1. The first-order valence-electron chi connectivity index (χ1n) is 7.55. The van der Waals surface area contributed by atoms with E-state index in [1.807, 2.05) is 0 Å². The molecule has 0 aromatic heterocycles. The van der Waals surface area contributed by atoms with Gasteiger partial charge < -0.3 is 15.7 Å². The Labute approximate surface area is 144 Å². The van der Waals surface area contributed by atoms with Gasteiger partial charge in [-0.3, -0.25) is 19.7 Å². The van der Waals surface area contributed by atoms with Crippen LogP contribution >= 0.6 is 0 Å². The van der Waals surface area contributed by atoms with Crippen LogP contribution in [-0.2, 0) is 9.59 Å². The number of nitriles is 1. The van der Waals surface area contributed by atoms with Crippen molar-refractivity contribution < 1.29 is 19.6 Å². The average molecular weight is 346 g/mol. The molecule has 1 amide bonds. The van der Waals surface area contributed by atoms with Crippen molar-refractivity contribution in [3.05, 3.63) is 46.2 Å². The maximum atomic E-state index is 12.0. The van der Waals surface area contributed by atoms with Crippen LogP contribution in [0.3, 0.4) is 0 Å². The van der Waals surface area contributed by atoms with E-state index in [2.05, 4.69) is 10.6 Å². The van der Waals surface area contributed by atoms with Crippen molar-refractivity contribution in [1.82, 2.24) is 5.32 Å². The minimum atomic E-state index is -0.836. The SMILES string of the molecule is N#C/C(=C/NCCCCCC(=O)O)C(=O)Nc1cccc([N+](=O)[O-])c1. The number of nitro groups is 1. The molecule has 25 heavy (non-hydrogen) atoms. The Morgan fingerprint density at radius 2 is 2.08 bits per heavy atom. The molecule has 0 atom stereocenters. The molecule has 1 rings (SSSR count). The highest BCUT2D eigenvalue weighted by Gasteiger charge is 2.11. The van der Waals surface area contributed by atoms with Crippen LogP contribution in [0.25, 0.3) is 0 Å². The average Bonchev–Trinajstić information content (AvgIpc) is 2.57. The van der Waals surface area contributed by atoms with Gasteiger partial charge in [0.15, 0.2) is 0 Å². The third kappa shape index (κ3) is 7.60. The van der Waals surface area contributed by atoms with Crippen LogP contribution < -0.4 is 10.6 Å². The smallest absolute Gasteiger partial charge is 0.303 e. The summed E-state index contributed by atoms with van der Waals surface area (Å²) in [6.07, 6.45) is 3.37. The molecule has 132 valence electrons. The Bertz CT molecular complexity index is 709. The molecule has 0 bridgehead atoms. The lowest BCUT2D eigenvalue weighted by molar-refractivity contribution is -0.384. The summed E-state index contributed by atoms with van der Waals surface area (Å²) in [5.74, 6) is -1.51. The first-order chi connectivity index (χ1) is 11.9. The quantitative estimate of drug-likeness (QED) is 0.193. The van der Waals surface area contributed by atoms with Crippen molar-refractivity contribution in [1.29, 1.82) is 5.26 Å². The fraction of sp³-hybridized carbons (Fsp3) is 0.312. The van der Waals surface area contributed by atoms with Gasteiger partial charge in [-0.15, -0.1) is 0 Å². The first kappa shape index (κ1) is 19.6. The molecule has 0 saturated carbocycles. The number of benzene rings is 1. The number of anilines is 1. The number of nitrogens with one attached hydrogen (secondary N) is 2. The lowest BCUT2D eigenvalue weighted by Gasteiger charge is -2.05. The number of nitrogens with zero attached hydrogens (tertiary/aromatic N) is 2. The van der Waals surface area contributed by atoms with E-state index in [4.69, 9.17) is 10.4 Å². The predicted molar refractivity (Wildman–Crippen MR) is 89.5 cm³/mol. The molecule has 0 saturated heterocycles. The van der Waals surface area contributed by atoms with Gasteiger partial charge >= 0.3 is 5.97 Å². The van der Waals surface area contributed by atoms with Crippen LogP contribution in [0.4, 0.5) is 11.4 Å². The maximum Gasteiger partial charge on any atom is 0.303 e. The number of hydrogen-bond donors (Lipinski definition) is 3. The first-order valence-corrected chi connectivity index (χ1v) is 7.55. The molecule has 0 unspecified atom stereocenters. The number of carboxylic acids is 1. The molecule has 0 radical (unpaired) electrons. The summed E-state index contributed by atoms with van der Waals surface area (Å²) in [5.41, 5.74) is -0.120. The Morgan fingerprint density at radius 1 is 1.32 bits per heavy atom. The highest BCUT2D eigenvalue weighted by Crippen LogP contribution is 2.17. The molecular weight excluding hydrogens is 328 g/mol. The number of rotatable bonds is 10. The van der Waals surface area contributed by atoms with Crippen LogP contribution in [0.15, 0.2) is 36.0 Å². The summed E-state index contributed by atoms with van der Waals surface area (Å²) in [5, 5.41) is 33.5. The van der Waals surface area contributed by atoms with Gasteiger partial charge in [-0.2, -0.15) is 5.26 Å². The molecule has 1 aromatic carbocycles. The minimum absolute atomic E-state index is 0.116. The maximum absolute atomic E-state index is 12.0. The van der Waals surface area contributed by atoms with Crippen molar-refractivity contribution in [3.63, 3.8) is 0 Å². The fourth-order valence-electron chi connectivity index (χ4n) is 1.90. The summed E-state index contributed by atoms with van der Waals surface area (Å²) in [6, 6.07) is 7.15. The van der Waals surface area contributed by atoms with E-state index in [-0.39, 0.29) is 23.4 Å². The van der Waals surface area contributed by atoms with E-state index in [0.717, 1.165) is 6.42 Å². The number of carbonyl (C=O) groups is 2. The molecule has 9 heteroatoms. The van der Waals surface area contributed by atoms with E-state index in [1.165, 1.54) is 30.5 Å². The third-order valence-corrected chi connectivity index (χ3v) is 3.14. The van der Waals surface area contributed by atoms with E-state index in [9.17, 15) is 19.7 Å². The zero-order valence-corrected chi connectivity index (χ0v) is 13.4. The number of hydrogen-bond acceptors (Lipinski definition) is 6. The summed E-state index contributed by atoms with van der Waals surface area (Å²) in [4.78, 5) is 32.5. The molecule has 0 fully saturated rings. The molecule has 3 N–H and O–H groups in total. The fourth-order valence-corrected chi connectivity index (χ4v) is 1.90. The zero-order chi connectivity index (χ0) is 18.7. The van der Waals surface area contributed by atoms with Crippen LogP contribution in [0, 0.1) is 21.4 Å². The van der Waals surface area contributed by atoms with Crippen LogP contribution in [0.2, 0.25) is 0 Å². The van der Waals surface area contributed by atoms with Crippen molar-refractivity contribution >= 4 is 23.3 Å². The highest BCUT2D eigenvalue weighted by molar-refractivity contribution is 6.06. The zero-order valence-electron chi connectivity index (χ0n) is 13.4. The Balaban J connectivity index is 2.49. The second-order valence-electron chi connectivity index (χ2n) is 5.09. The van der Waals surface area contributed by atoms with Crippen molar-refractivity contribution in [2.75, 3.05) is 11.9 Å². The van der Waals surface area contributed by atoms with Gasteiger partial charge in [-0.1, -0.05) is 12.5 Å². The lowest BCUT2D eigenvalue weighted by Crippen LogP contribution is -2.17. The van der Waals surface area contributed by atoms with E-state index in [1.54, 1.807) is 6.07 Å². The second-order valence-corrected chi connectivity index (χ2v) is 5.09. The van der Waals surface area contributed by atoms with E-state index < -0.39 is 16.8 Å². The van der Waals surface area contributed by atoms with Crippen LogP contribution in [0.1, 0.15) is 25.7 Å². The Hall–Kier alpha value is -3.41. The number of unbranched alkanes of at least 4 members (excludes halogenated alkanes) is 2. The number of carbonyl (C=O) groups excluding carboxylic acids is 1. The molecule has 1 aromatic rings. The lowest BCUT2D eigenvalue weighted by atomic mass is 10.2. The second kappa shape index (κ2) is 10.4. The molecule has 0 aliphatic carbocycles. The highest BCUT2D eigenvalue weighted by atomic mass is 16.6. The molecule has 0 spiro atoms. The number of nitro benzene ring substituents is 1. The molecule has 0 aliphatic heterocycles. The third-order valence-electron chi connectivity index (χ3n) is 3.14. The summed E-state index contributed by atoms with van der Waals surface area (Å²) >= 11 is 0. The van der Waals surface area contributed by atoms with Crippen LogP contribution in [0.5, 0.6) is 0 Å². The standard InChI is InChI=1S/C16H18N4O5/c17-10-12(11-18-8-3-1-2-7-15(21)22)16(23)19-13-5-4-6-14(9-13)20(24)25/h4-6,9,11,18H,1-3,7-8H2,(H,19,23)(H,21,22)/b12-11-. The molecule has 0 aliphatic rings. The largest absolute Gasteiger partial charge is 0.481 e. The topological polar surface area (TPSA) is 145 Å². The summed E-state index contributed by atoms with van der Waals surface area (Å²) < 4.78 is 0. The number of non-ortho nitro benzene ring substituents is 1. The Kier molecular flexibility index (Phi) is 8.15. The monoisotopic (exact) mass is 346 g/mol. The Morgan fingerprint density at radius 3 is 2.72 bits per heavy atom. The van der Waals surface area contributed by atoms with Gasteiger partial charge in [-0.25, -0.2) is 0 Å². The van der Waals surface area contributed by atoms with Gasteiger partial charge in [0.1, 0.15) is 11.6 Å². The van der Waals surface area contributed by atoms with Gasteiger partial charge in [-0.05, 0) is 18.9 Å². The summed E-state index contributed by atoms with van der Waals surface area (Å²) in [6.45, 7) is 0.495. The number of amides is 1. The van der Waals surface area contributed by atoms with Crippen LogP contribution in [-0.4, -0.2) is 28.5 Å². The van der Waals surface area contributed by atoms with Gasteiger partial charge in [0.2, 0.25) is 0 Å². The van der Waals surface area contributed by atoms with Crippen molar-refractivity contribution in [2.24, 2.45) is 0 Å². The van der Waals surface area contributed by atoms with Crippen molar-refractivity contribution in [2.45, 2.75) is 25.7 Å². The molecular formula is C16H18N4O5. The van der Waals surface area contributed by atoms with E-state index >= 15 is 0 Å². The normalized spacial score (nSPS) is 10.6. The van der Waals surface area contributed by atoms with Gasteiger partial charge in [0.25, 0.3) is 11.6 Å². The molecule has 9 nitrogen and oxygen atoms in total. The van der Waals surface area contributed by atoms with Gasteiger partial charge in [0, 0.05) is 37.0 Å². The summed E-state index contributed by atoms with van der Waals surface area (Å²) in [7, 11) is 0. The van der Waals surface area contributed by atoms with E-state index in [0.29, 0.717) is 19.4 Å². The molecule has 0 heterocycles. The minimum Gasteiger partial charge on any atom is -0.481 e.